The van der Waals surface area contributed by atoms with Crippen LogP contribution in [0.2, 0.25) is 0 Å². The molecule has 1 unspecified atom stereocenters. The van der Waals surface area contributed by atoms with Crippen LogP contribution in [0.3, 0.4) is 0 Å². The second-order valence-corrected chi connectivity index (χ2v) is 4.72. The van der Waals surface area contributed by atoms with Gasteiger partial charge in [0.15, 0.2) is 9.84 Å². The van der Waals surface area contributed by atoms with Crippen molar-refractivity contribution in [2.24, 2.45) is 0 Å². The van der Waals surface area contributed by atoms with Gasteiger partial charge in [0.25, 0.3) is 0 Å². The lowest BCUT2D eigenvalue weighted by Gasteiger charge is -2.03. The van der Waals surface area contributed by atoms with Crippen molar-refractivity contribution in [2.45, 2.75) is 25.5 Å². The highest BCUT2D eigenvalue weighted by molar-refractivity contribution is 7.92. The van der Waals surface area contributed by atoms with E-state index in [2.05, 4.69) is 6.92 Å². The second kappa shape index (κ2) is 3.20. The van der Waals surface area contributed by atoms with Gasteiger partial charge in [0.1, 0.15) is 0 Å². The van der Waals surface area contributed by atoms with Gasteiger partial charge in [-0.15, -0.1) is 0 Å². The fraction of sp³-hybridized carbons (Fsp3) is 0.833. The minimum Gasteiger partial charge on any atom is -0.229 e. The predicted molar refractivity (Wildman–Crippen MR) is 38.9 cm³/mol. The van der Waals surface area contributed by atoms with Crippen LogP contribution < -0.4 is 0 Å². The monoisotopic (exact) mass is 149 g/mol. The molecule has 0 aliphatic carbocycles. The van der Waals surface area contributed by atoms with E-state index in [0.717, 1.165) is 0 Å². The zero-order valence-electron chi connectivity index (χ0n) is 5.92. The van der Waals surface area contributed by atoms with E-state index in [-0.39, 0.29) is 5.75 Å². The SMILES string of the molecule is [CH2]C(C)S(=O)(=O)CCC. The predicted octanol–water partition coefficient (Wildman–Crippen LogP) is 1.03. The average molecular weight is 149 g/mol. The molecule has 0 heterocycles. The second-order valence-electron chi connectivity index (χ2n) is 2.18. The van der Waals surface area contributed by atoms with Gasteiger partial charge in [0.05, 0.1) is 11.0 Å². The molecule has 1 radical (unpaired) electrons. The van der Waals surface area contributed by atoms with Crippen molar-refractivity contribution < 1.29 is 8.42 Å². The Labute approximate surface area is 57.2 Å². The summed E-state index contributed by atoms with van der Waals surface area (Å²) >= 11 is 0. The molecule has 1 atom stereocenters. The molecule has 0 rings (SSSR count). The molecule has 0 bridgehead atoms. The molecule has 0 saturated heterocycles. The van der Waals surface area contributed by atoms with Crippen molar-refractivity contribution in [1.29, 1.82) is 0 Å². The van der Waals surface area contributed by atoms with Gasteiger partial charge in [-0.25, -0.2) is 8.42 Å². The van der Waals surface area contributed by atoms with E-state index in [1.54, 1.807) is 6.92 Å². The molecule has 9 heavy (non-hydrogen) atoms. The summed E-state index contributed by atoms with van der Waals surface area (Å²) in [5, 5.41) is -0.461. The normalized spacial score (nSPS) is 12.4. The van der Waals surface area contributed by atoms with E-state index in [4.69, 9.17) is 0 Å². The number of hydrogen-bond acceptors (Lipinski definition) is 2. The molecule has 0 aliphatic heterocycles. The van der Waals surface area contributed by atoms with Crippen LogP contribution in [0, 0.1) is 6.92 Å². The lowest BCUT2D eigenvalue weighted by atomic mass is 10.6. The van der Waals surface area contributed by atoms with E-state index in [1.165, 1.54) is 0 Å². The van der Waals surface area contributed by atoms with Crippen molar-refractivity contribution >= 4 is 9.84 Å². The third-order valence-electron chi connectivity index (χ3n) is 1.10. The van der Waals surface area contributed by atoms with Gasteiger partial charge >= 0.3 is 0 Å². The Morgan fingerprint density at radius 1 is 1.56 bits per heavy atom. The summed E-state index contributed by atoms with van der Waals surface area (Å²) in [6.45, 7) is 6.89. The summed E-state index contributed by atoms with van der Waals surface area (Å²) in [5.74, 6) is 0.262. The highest BCUT2D eigenvalue weighted by Gasteiger charge is 2.13. The van der Waals surface area contributed by atoms with Crippen LogP contribution >= 0.6 is 0 Å². The lowest BCUT2D eigenvalue weighted by Crippen LogP contribution is -2.17. The van der Waals surface area contributed by atoms with E-state index in [0.29, 0.717) is 6.42 Å². The van der Waals surface area contributed by atoms with Gasteiger partial charge in [-0.1, -0.05) is 6.92 Å². The topological polar surface area (TPSA) is 34.1 Å². The standard InChI is InChI=1S/C6H13O2S/c1-4-5-9(7,8)6(2)3/h6H,2,4-5H2,1,3H3. The Kier molecular flexibility index (Phi) is 3.18. The minimum absolute atomic E-state index is 0.262. The van der Waals surface area contributed by atoms with Gasteiger partial charge in [0.2, 0.25) is 0 Å². The molecule has 0 aliphatic rings. The first-order chi connectivity index (χ1) is 4.00. The van der Waals surface area contributed by atoms with Crippen LogP contribution in [-0.4, -0.2) is 19.4 Å². The third kappa shape index (κ3) is 2.84. The maximum atomic E-state index is 10.9. The van der Waals surface area contributed by atoms with E-state index < -0.39 is 15.1 Å². The highest BCUT2D eigenvalue weighted by Crippen LogP contribution is 2.00. The fourth-order valence-corrected chi connectivity index (χ4v) is 1.46. The molecule has 0 aromatic heterocycles. The van der Waals surface area contributed by atoms with Crippen LogP contribution in [-0.2, 0) is 9.84 Å². The van der Waals surface area contributed by atoms with Crippen LogP contribution in [0.25, 0.3) is 0 Å². The smallest absolute Gasteiger partial charge is 0.152 e. The van der Waals surface area contributed by atoms with E-state index >= 15 is 0 Å². The van der Waals surface area contributed by atoms with Crippen molar-refractivity contribution in [3.63, 3.8) is 0 Å². The van der Waals surface area contributed by atoms with Gasteiger partial charge in [-0.3, -0.25) is 0 Å². The zero-order chi connectivity index (χ0) is 7.49. The molecule has 0 N–H and O–H groups in total. The molecular formula is C6H13O2S. The molecule has 2 nitrogen and oxygen atoms in total. The molecule has 3 heteroatoms. The largest absolute Gasteiger partial charge is 0.229 e. The lowest BCUT2D eigenvalue weighted by molar-refractivity contribution is 0.589. The molecule has 0 fully saturated rings. The van der Waals surface area contributed by atoms with Crippen molar-refractivity contribution in [2.75, 3.05) is 5.75 Å². The van der Waals surface area contributed by atoms with Gasteiger partial charge in [0, 0.05) is 0 Å². The zero-order valence-corrected chi connectivity index (χ0v) is 6.74. The average Bonchev–Trinajstić information content (AvgIpc) is 1.65. The number of sulfone groups is 1. The summed E-state index contributed by atoms with van der Waals surface area (Å²) in [4.78, 5) is 0. The van der Waals surface area contributed by atoms with Crippen LogP contribution in [0.1, 0.15) is 20.3 Å². The van der Waals surface area contributed by atoms with Gasteiger partial charge < -0.3 is 0 Å². The summed E-state index contributed by atoms with van der Waals surface area (Å²) < 4.78 is 21.7. The molecule has 0 aromatic carbocycles. The summed E-state index contributed by atoms with van der Waals surface area (Å²) in [7, 11) is -2.86. The van der Waals surface area contributed by atoms with Gasteiger partial charge in [-0.2, -0.15) is 0 Å². The van der Waals surface area contributed by atoms with E-state index in [1.807, 2.05) is 6.92 Å². The Balaban J connectivity index is 4.05. The molecule has 0 amide bonds. The first kappa shape index (κ1) is 8.95. The summed E-state index contributed by atoms with van der Waals surface area (Å²) in [5.41, 5.74) is 0. The quantitative estimate of drug-likeness (QED) is 0.600. The Morgan fingerprint density at radius 3 is 2.11 bits per heavy atom. The fourth-order valence-electron chi connectivity index (χ4n) is 0.486. The van der Waals surface area contributed by atoms with Crippen LogP contribution in [0.15, 0.2) is 0 Å². The first-order valence-electron chi connectivity index (χ1n) is 3.05. The Hall–Kier alpha value is -0.0500. The minimum atomic E-state index is -2.86. The first-order valence-corrected chi connectivity index (χ1v) is 4.77. The van der Waals surface area contributed by atoms with Gasteiger partial charge in [-0.05, 0) is 20.3 Å². The van der Waals surface area contributed by atoms with Crippen LogP contribution in [0.4, 0.5) is 0 Å². The Morgan fingerprint density at radius 2 is 2.00 bits per heavy atom. The van der Waals surface area contributed by atoms with Crippen molar-refractivity contribution in [3.05, 3.63) is 6.92 Å². The number of hydrogen-bond donors (Lipinski definition) is 0. The molecular weight excluding hydrogens is 136 g/mol. The highest BCUT2D eigenvalue weighted by atomic mass is 32.2. The third-order valence-corrected chi connectivity index (χ3v) is 3.31. The Bertz CT molecular complexity index is 156. The summed E-state index contributed by atoms with van der Waals surface area (Å²) in [6, 6.07) is 0. The molecule has 0 saturated carbocycles. The van der Waals surface area contributed by atoms with Crippen molar-refractivity contribution in [1.82, 2.24) is 0 Å². The van der Waals surface area contributed by atoms with Crippen LogP contribution in [0.5, 0.6) is 0 Å². The maximum Gasteiger partial charge on any atom is 0.152 e. The molecule has 0 aromatic rings. The summed E-state index contributed by atoms with van der Waals surface area (Å²) in [6.07, 6.45) is 0.683. The van der Waals surface area contributed by atoms with Crippen molar-refractivity contribution in [3.8, 4) is 0 Å². The molecule has 0 spiro atoms. The number of rotatable bonds is 3. The maximum absolute atomic E-state index is 10.9. The molecule has 55 valence electrons. The van der Waals surface area contributed by atoms with E-state index in [9.17, 15) is 8.42 Å².